The Morgan fingerprint density at radius 1 is 1.11 bits per heavy atom. The van der Waals surface area contributed by atoms with Gasteiger partial charge in [0.15, 0.2) is 0 Å². The first-order valence-electron chi connectivity index (χ1n) is 6.74. The molecule has 0 saturated heterocycles. The largest absolute Gasteiger partial charge is 0.465 e. The van der Waals surface area contributed by atoms with Crippen molar-refractivity contribution < 1.29 is 23.7 Å². The zero-order valence-corrected chi connectivity index (χ0v) is 12.3. The second-order valence-corrected chi connectivity index (χ2v) is 3.95. The van der Waals surface area contributed by atoms with Crippen LogP contribution < -0.4 is 5.32 Å². The summed E-state index contributed by atoms with van der Waals surface area (Å²) in [5, 5.41) is 2.92. The van der Waals surface area contributed by atoms with E-state index in [-0.39, 0.29) is 12.0 Å². The van der Waals surface area contributed by atoms with E-state index in [9.17, 15) is 4.79 Å². The van der Waals surface area contributed by atoms with Gasteiger partial charge in [0.05, 0.1) is 19.8 Å². The van der Waals surface area contributed by atoms with Crippen molar-refractivity contribution >= 4 is 5.97 Å². The summed E-state index contributed by atoms with van der Waals surface area (Å²) < 4.78 is 20.5. The van der Waals surface area contributed by atoms with Crippen molar-refractivity contribution in [1.29, 1.82) is 0 Å². The van der Waals surface area contributed by atoms with Gasteiger partial charge in [0, 0.05) is 26.9 Å². The van der Waals surface area contributed by atoms with Gasteiger partial charge in [-0.1, -0.05) is 0 Å². The van der Waals surface area contributed by atoms with Crippen LogP contribution in [0.5, 0.6) is 0 Å². The summed E-state index contributed by atoms with van der Waals surface area (Å²) in [6.45, 7) is 5.25. The normalized spacial score (nSPS) is 12.4. The molecular formula is C13H27NO5. The average molecular weight is 277 g/mol. The molecule has 0 amide bonds. The van der Waals surface area contributed by atoms with Gasteiger partial charge in [-0.25, -0.2) is 0 Å². The SMILES string of the molecule is CCOC(=O)C(CCOCCCOCCOC)NC. The number of hydrogen-bond acceptors (Lipinski definition) is 6. The third kappa shape index (κ3) is 10.9. The first kappa shape index (κ1) is 18.3. The minimum Gasteiger partial charge on any atom is -0.465 e. The third-order valence-electron chi connectivity index (χ3n) is 2.48. The molecule has 0 aliphatic rings. The van der Waals surface area contributed by atoms with Crippen LogP contribution in [0.25, 0.3) is 0 Å². The molecule has 19 heavy (non-hydrogen) atoms. The zero-order valence-electron chi connectivity index (χ0n) is 12.3. The fraction of sp³-hybridized carbons (Fsp3) is 0.923. The number of rotatable bonds is 13. The van der Waals surface area contributed by atoms with Gasteiger partial charge in [-0.3, -0.25) is 4.79 Å². The Labute approximate surface area is 115 Å². The number of methoxy groups -OCH3 is 1. The fourth-order valence-electron chi connectivity index (χ4n) is 1.43. The Morgan fingerprint density at radius 3 is 2.37 bits per heavy atom. The molecule has 0 heterocycles. The molecule has 0 aromatic carbocycles. The summed E-state index contributed by atoms with van der Waals surface area (Å²) >= 11 is 0. The highest BCUT2D eigenvalue weighted by Crippen LogP contribution is 1.97. The van der Waals surface area contributed by atoms with Gasteiger partial charge in [0.2, 0.25) is 0 Å². The lowest BCUT2D eigenvalue weighted by molar-refractivity contribution is -0.146. The zero-order chi connectivity index (χ0) is 14.3. The van der Waals surface area contributed by atoms with E-state index >= 15 is 0 Å². The summed E-state index contributed by atoms with van der Waals surface area (Å²) in [6, 6.07) is -0.294. The molecule has 6 heteroatoms. The van der Waals surface area contributed by atoms with Gasteiger partial charge in [-0.2, -0.15) is 0 Å². The molecule has 0 aliphatic carbocycles. The molecule has 6 nitrogen and oxygen atoms in total. The van der Waals surface area contributed by atoms with Crippen LogP contribution in [-0.2, 0) is 23.7 Å². The standard InChI is InChI=1S/C13H27NO5/c1-4-19-13(15)12(14-2)6-9-17-7-5-8-18-11-10-16-3/h12,14H,4-11H2,1-3H3. The van der Waals surface area contributed by atoms with E-state index in [1.54, 1.807) is 21.1 Å². The van der Waals surface area contributed by atoms with Gasteiger partial charge in [-0.15, -0.1) is 0 Å². The molecule has 114 valence electrons. The lowest BCUT2D eigenvalue weighted by Gasteiger charge is -2.14. The molecule has 0 saturated carbocycles. The summed E-state index contributed by atoms with van der Waals surface area (Å²) in [7, 11) is 3.39. The fourth-order valence-corrected chi connectivity index (χ4v) is 1.43. The van der Waals surface area contributed by atoms with E-state index in [1.807, 2.05) is 0 Å². The molecule has 0 rings (SSSR count). The van der Waals surface area contributed by atoms with Crippen molar-refractivity contribution in [2.75, 3.05) is 53.8 Å². The first-order valence-corrected chi connectivity index (χ1v) is 6.74. The summed E-state index contributed by atoms with van der Waals surface area (Å²) in [6.07, 6.45) is 1.45. The van der Waals surface area contributed by atoms with Crippen molar-refractivity contribution in [2.24, 2.45) is 0 Å². The Bertz CT molecular complexity index is 213. The minimum atomic E-state index is -0.294. The van der Waals surface area contributed by atoms with E-state index in [4.69, 9.17) is 18.9 Å². The average Bonchev–Trinajstić information content (AvgIpc) is 2.41. The summed E-state index contributed by atoms with van der Waals surface area (Å²) in [5.74, 6) is -0.225. The quantitative estimate of drug-likeness (QED) is 0.393. The molecule has 0 aromatic rings. The van der Waals surface area contributed by atoms with E-state index in [1.165, 1.54) is 0 Å². The van der Waals surface area contributed by atoms with Crippen molar-refractivity contribution in [1.82, 2.24) is 5.32 Å². The Kier molecular flexibility index (Phi) is 13.2. The lowest BCUT2D eigenvalue weighted by Crippen LogP contribution is -2.36. The number of esters is 1. The summed E-state index contributed by atoms with van der Waals surface area (Å²) in [4.78, 5) is 11.5. The molecule has 1 unspecified atom stereocenters. The molecule has 0 aromatic heterocycles. The number of hydrogen-bond donors (Lipinski definition) is 1. The van der Waals surface area contributed by atoms with Crippen molar-refractivity contribution in [3.63, 3.8) is 0 Å². The molecule has 1 atom stereocenters. The highest BCUT2D eigenvalue weighted by Gasteiger charge is 2.16. The molecule has 0 bridgehead atoms. The number of ether oxygens (including phenoxy) is 4. The van der Waals surface area contributed by atoms with Crippen molar-refractivity contribution in [2.45, 2.75) is 25.8 Å². The van der Waals surface area contributed by atoms with Crippen LogP contribution in [0.2, 0.25) is 0 Å². The first-order chi connectivity index (χ1) is 9.26. The highest BCUT2D eigenvalue weighted by atomic mass is 16.5. The van der Waals surface area contributed by atoms with Gasteiger partial charge in [0.25, 0.3) is 0 Å². The second-order valence-electron chi connectivity index (χ2n) is 3.95. The predicted molar refractivity (Wildman–Crippen MR) is 72.2 cm³/mol. The third-order valence-corrected chi connectivity index (χ3v) is 2.48. The van der Waals surface area contributed by atoms with Crippen LogP contribution in [-0.4, -0.2) is 65.8 Å². The van der Waals surface area contributed by atoms with Crippen LogP contribution in [0.15, 0.2) is 0 Å². The van der Waals surface area contributed by atoms with Gasteiger partial charge in [0.1, 0.15) is 6.04 Å². The van der Waals surface area contributed by atoms with E-state index < -0.39 is 0 Å². The Morgan fingerprint density at radius 2 is 1.79 bits per heavy atom. The van der Waals surface area contributed by atoms with E-state index in [2.05, 4.69) is 5.32 Å². The maximum Gasteiger partial charge on any atom is 0.323 e. The molecule has 0 fully saturated rings. The minimum absolute atomic E-state index is 0.225. The molecule has 0 spiro atoms. The number of likely N-dealkylation sites (N-methyl/N-ethyl adjacent to an activating group) is 1. The molecular weight excluding hydrogens is 250 g/mol. The summed E-state index contributed by atoms with van der Waals surface area (Å²) in [5.41, 5.74) is 0. The van der Waals surface area contributed by atoms with Crippen molar-refractivity contribution in [3.05, 3.63) is 0 Å². The van der Waals surface area contributed by atoms with Crippen molar-refractivity contribution in [3.8, 4) is 0 Å². The van der Waals surface area contributed by atoms with Crippen LogP contribution >= 0.6 is 0 Å². The maximum absolute atomic E-state index is 11.5. The molecule has 0 aliphatic heterocycles. The molecule has 1 N–H and O–H groups in total. The number of carbonyl (C=O) groups is 1. The maximum atomic E-state index is 11.5. The monoisotopic (exact) mass is 277 g/mol. The van der Waals surface area contributed by atoms with Gasteiger partial charge in [-0.05, 0) is 26.8 Å². The van der Waals surface area contributed by atoms with Crippen LogP contribution in [0.4, 0.5) is 0 Å². The smallest absolute Gasteiger partial charge is 0.323 e. The van der Waals surface area contributed by atoms with Crippen LogP contribution in [0.1, 0.15) is 19.8 Å². The predicted octanol–water partition coefficient (Wildman–Crippen LogP) is 0.597. The second kappa shape index (κ2) is 13.7. The number of nitrogens with one attached hydrogen (secondary N) is 1. The van der Waals surface area contributed by atoms with Crippen LogP contribution in [0.3, 0.4) is 0 Å². The lowest BCUT2D eigenvalue weighted by atomic mass is 10.2. The van der Waals surface area contributed by atoms with E-state index in [0.29, 0.717) is 46.1 Å². The topological polar surface area (TPSA) is 66.0 Å². The highest BCUT2D eigenvalue weighted by molar-refractivity contribution is 5.75. The van der Waals surface area contributed by atoms with E-state index in [0.717, 1.165) is 6.42 Å². The Balaban J connectivity index is 3.38. The van der Waals surface area contributed by atoms with Gasteiger partial charge < -0.3 is 24.3 Å². The van der Waals surface area contributed by atoms with Gasteiger partial charge >= 0.3 is 5.97 Å². The van der Waals surface area contributed by atoms with Crippen LogP contribution in [0, 0.1) is 0 Å². The number of carbonyl (C=O) groups excluding carboxylic acids is 1. The Hall–Kier alpha value is -0.690. The molecule has 0 radical (unpaired) electrons.